The Kier molecular flexibility index (Phi) is 6.25. The van der Waals surface area contributed by atoms with E-state index < -0.39 is 0 Å². The molecule has 0 aliphatic carbocycles. The van der Waals surface area contributed by atoms with Crippen molar-refractivity contribution in [2.75, 3.05) is 26.2 Å². The molecule has 0 aromatic heterocycles. The normalized spacial score (nSPS) is 15.5. The highest BCUT2D eigenvalue weighted by molar-refractivity contribution is 6.01. The van der Waals surface area contributed by atoms with Crippen LogP contribution in [0, 0.1) is 5.82 Å². The van der Waals surface area contributed by atoms with Gasteiger partial charge in [0, 0.05) is 43.3 Å². The molecule has 5 heteroatoms. The van der Waals surface area contributed by atoms with Crippen molar-refractivity contribution in [3.63, 3.8) is 0 Å². The zero-order chi connectivity index (χ0) is 20.3. The van der Waals surface area contributed by atoms with Crippen molar-refractivity contribution in [3.05, 3.63) is 59.4 Å². The summed E-state index contributed by atoms with van der Waals surface area (Å²) >= 11 is 0. The number of nitrogens with zero attached hydrogens (tertiary/aromatic N) is 2. The SMILES string of the molecule is CC(=O)c1ccc(F)cc1-c1ccc(C(=O)N2CCCN(C(C)C)CC2)cc1. The van der Waals surface area contributed by atoms with Crippen molar-refractivity contribution >= 4 is 11.7 Å². The first kappa shape index (κ1) is 20.2. The van der Waals surface area contributed by atoms with E-state index in [1.165, 1.54) is 25.1 Å². The van der Waals surface area contributed by atoms with Gasteiger partial charge in [-0.05, 0) is 68.7 Å². The molecule has 1 heterocycles. The van der Waals surface area contributed by atoms with Gasteiger partial charge in [0.25, 0.3) is 5.91 Å². The van der Waals surface area contributed by atoms with Crippen LogP contribution < -0.4 is 0 Å². The van der Waals surface area contributed by atoms with Gasteiger partial charge in [0.2, 0.25) is 0 Å². The minimum atomic E-state index is -0.389. The summed E-state index contributed by atoms with van der Waals surface area (Å²) in [6, 6.07) is 11.7. The zero-order valence-electron chi connectivity index (χ0n) is 16.7. The van der Waals surface area contributed by atoms with Gasteiger partial charge >= 0.3 is 0 Å². The Balaban J connectivity index is 1.79. The molecule has 0 atom stereocenters. The van der Waals surface area contributed by atoms with Crippen molar-refractivity contribution in [2.24, 2.45) is 0 Å². The van der Waals surface area contributed by atoms with Gasteiger partial charge in [0.15, 0.2) is 5.78 Å². The van der Waals surface area contributed by atoms with Crippen LogP contribution in [-0.4, -0.2) is 53.7 Å². The molecule has 148 valence electrons. The summed E-state index contributed by atoms with van der Waals surface area (Å²) in [7, 11) is 0. The number of benzene rings is 2. The van der Waals surface area contributed by atoms with Crippen LogP contribution in [0.1, 0.15) is 47.9 Å². The highest BCUT2D eigenvalue weighted by atomic mass is 19.1. The number of ketones is 1. The van der Waals surface area contributed by atoms with E-state index in [0.717, 1.165) is 38.2 Å². The second-order valence-electron chi connectivity index (χ2n) is 7.60. The van der Waals surface area contributed by atoms with E-state index >= 15 is 0 Å². The van der Waals surface area contributed by atoms with Crippen LogP contribution in [0.4, 0.5) is 4.39 Å². The molecular weight excluding hydrogens is 355 g/mol. The summed E-state index contributed by atoms with van der Waals surface area (Å²) in [5.74, 6) is -0.489. The summed E-state index contributed by atoms with van der Waals surface area (Å²) in [6.07, 6.45) is 0.966. The third kappa shape index (κ3) is 4.47. The van der Waals surface area contributed by atoms with Gasteiger partial charge in [-0.3, -0.25) is 14.5 Å². The molecule has 0 bridgehead atoms. The molecule has 0 radical (unpaired) electrons. The molecule has 2 aromatic rings. The largest absolute Gasteiger partial charge is 0.337 e. The van der Waals surface area contributed by atoms with E-state index in [4.69, 9.17) is 0 Å². The van der Waals surface area contributed by atoms with E-state index in [1.54, 1.807) is 24.3 Å². The van der Waals surface area contributed by atoms with Crippen molar-refractivity contribution in [1.29, 1.82) is 0 Å². The first-order valence-corrected chi connectivity index (χ1v) is 9.81. The molecule has 0 N–H and O–H groups in total. The third-order valence-electron chi connectivity index (χ3n) is 5.35. The molecule has 1 aliphatic rings. The Morgan fingerprint density at radius 2 is 1.68 bits per heavy atom. The second kappa shape index (κ2) is 8.65. The summed E-state index contributed by atoms with van der Waals surface area (Å²) in [6.45, 7) is 9.18. The number of hydrogen-bond donors (Lipinski definition) is 0. The lowest BCUT2D eigenvalue weighted by Crippen LogP contribution is -2.37. The second-order valence-corrected chi connectivity index (χ2v) is 7.60. The quantitative estimate of drug-likeness (QED) is 0.742. The number of amides is 1. The number of Topliss-reactive ketones (excluding diaryl/α,β-unsaturated/α-hetero) is 1. The van der Waals surface area contributed by atoms with Gasteiger partial charge in [-0.2, -0.15) is 0 Å². The fourth-order valence-corrected chi connectivity index (χ4v) is 3.69. The smallest absolute Gasteiger partial charge is 0.253 e. The molecule has 1 amide bonds. The van der Waals surface area contributed by atoms with Crippen LogP contribution in [0.3, 0.4) is 0 Å². The maximum Gasteiger partial charge on any atom is 0.253 e. The lowest BCUT2D eigenvalue weighted by atomic mass is 9.96. The molecule has 1 saturated heterocycles. The van der Waals surface area contributed by atoms with E-state index in [9.17, 15) is 14.0 Å². The van der Waals surface area contributed by atoms with E-state index in [0.29, 0.717) is 22.7 Å². The first-order valence-electron chi connectivity index (χ1n) is 9.81. The van der Waals surface area contributed by atoms with Crippen LogP contribution in [0.25, 0.3) is 11.1 Å². The van der Waals surface area contributed by atoms with Crippen LogP contribution >= 0.6 is 0 Å². The summed E-state index contributed by atoms with van der Waals surface area (Å²) in [5, 5.41) is 0. The molecule has 28 heavy (non-hydrogen) atoms. The highest BCUT2D eigenvalue weighted by Crippen LogP contribution is 2.26. The Bertz CT molecular complexity index is 861. The van der Waals surface area contributed by atoms with Crippen LogP contribution in [0.2, 0.25) is 0 Å². The highest BCUT2D eigenvalue weighted by Gasteiger charge is 2.21. The number of carbonyl (C=O) groups excluding carboxylic acids is 2. The van der Waals surface area contributed by atoms with E-state index in [1.807, 2.05) is 4.90 Å². The number of carbonyl (C=O) groups is 2. The molecule has 0 unspecified atom stereocenters. The molecule has 2 aromatic carbocycles. The Labute approximate surface area is 166 Å². The van der Waals surface area contributed by atoms with Crippen molar-refractivity contribution in [3.8, 4) is 11.1 Å². The molecule has 3 rings (SSSR count). The fourth-order valence-electron chi connectivity index (χ4n) is 3.69. The summed E-state index contributed by atoms with van der Waals surface area (Å²) in [4.78, 5) is 29.0. The monoisotopic (exact) mass is 382 g/mol. The number of rotatable bonds is 4. The topological polar surface area (TPSA) is 40.6 Å². The van der Waals surface area contributed by atoms with Gasteiger partial charge in [-0.15, -0.1) is 0 Å². The average Bonchev–Trinajstić information content (AvgIpc) is 2.93. The molecule has 4 nitrogen and oxygen atoms in total. The lowest BCUT2D eigenvalue weighted by molar-refractivity contribution is 0.0759. The van der Waals surface area contributed by atoms with Gasteiger partial charge in [0.1, 0.15) is 5.82 Å². The minimum absolute atomic E-state index is 0.0168. The van der Waals surface area contributed by atoms with Crippen LogP contribution in [-0.2, 0) is 0 Å². The number of halogens is 1. The maximum atomic E-state index is 13.7. The van der Waals surface area contributed by atoms with Gasteiger partial charge < -0.3 is 4.90 Å². The van der Waals surface area contributed by atoms with E-state index in [-0.39, 0.29) is 17.5 Å². The first-order chi connectivity index (χ1) is 13.4. The molecular formula is C23H27FN2O2. The number of hydrogen-bond acceptors (Lipinski definition) is 3. The zero-order valence-corrected chi connectivity index (χ0v) is 16.7. The minimum Gasteiger partial charge on any atom is -0.337 e. The van der Waals surface area contributed by atoms with Crippen molar-refractivity contribution in [1.82, 2.24) is 9.80 Å². The summed E-state index contributed by atoms with van der Waals surface area (Å²) in [5.41, 5.74) is 2.36. The van der Waals surface area contributed by atoms with Gasteiger partial charge in [-0.1, -0.05) is 12.1 Å². The Morgan fingerprint density at radius 1 is 0.964 bits per heavy atom. The molecule has 1 aliphatic heterocycles. The molecule has 0 saturated carbocycles. The van der Waals surface area contributed by atoms with Gasteiger partial charge in [-0.25, -0.2) is 4.39 Å². The maximum absolute atomic E-state index is 13.7. The van der Waals surface area contributed by atoms with Crippen molar-refractivity contribution < 1.29 is 14.0 Å². The van der Waals surface area contributed by atoms with Crippen molar-refractivity contribution in [2.45, 2.75) is 33.2 Å². The molecule has 1 fully saturated rings. The fraction of sp³-hybridized carbons (Fsp3) is 0.391. The Hall–Kier alpha value is -2.53. The predicted octanol–water partition coefficient (Wildman–Crippen LogP) is 4.25. The predicted molar refractivity (Wildman–Crippen MR) is 109 cm³/mol. The average molecular weight is 382 g/mol. The molecule has 0 spiro atoms. The lowest BCUT2D eigenvalue weighted by Gasteiger charge is -2.25. The van der Waals surface area contributed by atoms with E-state index in [2.05, 4.69) is 18.7 Å². The van der Waals surface area contributed by atoms with Gasteiger partial charge in [0.05, 0.1) is 0 Å². The Morgan fingerprint density at radius 3 is 2.32 bits per heavy atom. The summed E-state index contributed by atoms with van der Waals surface area (Å²) < 4.78 is 13.7. The third-order valence-corrected chi connectivity index (χ3v) is 5.35. The van der Waals surface area contributed by atoms with Crippen LogP contribution in [0.15, 0.2) is 42.5 Å². The standard InChI is InChI=1S/C23H27FN2O2/c1-16(2)25-11-4-12-26(14-13-25)23(28)19-7-5-18(6-8-19)22-15-20(24)9-10-21(22)17(3)27/h5-10,15-16H,4,11-14H2,1-3H3. The van der Waals surface area contributed by atoms with Crippen LogP contribution in [0.5, 0.6) is 0 Å².